The first-order valence-corrected chi connectivity index (χ1v) is 6.96. The second-order valence-electron chi connectivity index (χ2n) is 5.49. The summed E-state index contributed by atoms with van der Waals surface area (Å²) in [7, 11) is 0. The number of rotatable bonds is 3. The maximum atomic E-state index is 12.2. The van der Waals surface area contributed by atoms with Crippen molar-refractivity contribution >= 4 is 5.82 Å². The molecule has 0 radical (unpaired) electrons. The zero-order valence-electron chi connectivity index (χ0n) is 12.3. The minimum Gasteiger partial charge on any atom is -0.349 e. The molecule has 1 aliphatic rings. The van der Waals surface area contributed by atoms with Gasteiger partial charge >= 0.3 is 0 Å². The van der Waals surface area contributed by atoms with E-state index in [4.69, 9.17) is 0 Å². The van der Waals surface area contributed by atoms with Gasteiger partial charge in [-0.1, -0.05) is 0 Å². The normalized spacial score (nSPS) is 17.0. The van der Waals surface area contributed by atoms with Crippen molar-refractivity contribution < 1.29 is 0 Å². The maximum Gasteiger partial charge on any atom is 0.293 e. The van der Waals surface area contributed by atoms with Crippen LogP contribution in [0.15, 0.2) is 17.2 Å². The average Bonchev–Trinajstić information content (AvgIpc) is 2.47. The predicted molar refractivity (Wildman–Crippen MR) is 77.6 cm³/mol. The van der Waals surface area contributed by atoms with E-state index in [0.29, 0.717) is 12.4 Å². The van der Waals surface area contributed by atoms with Crippen LogP contribution < -0.4 is 10.5 Å². The van der Waals surface area contributed by atoms with E-state index < -0.39 is 5.54 Å². The largest absolute Gasteiger partial charge is 0.349 e. The van der Waals surface area contributed by atoms with Crippen molar-refractivity contribution in [3.05, 3.63) is 22.7 Å². The third-order valence-electron chi connectivity index (χ3n) is 3.88. The molecule has 0 aliphatic carbocycles. The Kier molecular flexibility index (Phi) is 4.09. The highest BCUT2D eigenvalue weighted by Crippen LogP contribution is 2.17. The van der Waals surface area contributed by atoms with Crippen molar-refractivity contribution in [1.29, 1.82) is 5.26 Å². The van der Waals surface area contributed by atoms with Crippen molar-refractivity contribution in [2.75, 3.05) is 31.1 Å². The fourth-order valence-electron chi connectivity index (χ4n) is 2.45. The van der Waals surface area contributed by atoms with Crippen LogP contribution in [0.2, 0.25) is 0 Å². The minimum absolute atomic E-state index is 0.0389. The van der Waals surface area contributed by atoms with Crippen molar-refractivity contribution in [2.24, 2.45) is 0 Å². The number of nitriles is 1. The summed E-state index contributed by atoms with van der Waals surface area (Å²) in [6.45, 7) is 9.42. The van der Waals surface area contributed by atoms with Gasteiger partial charge in [-0.3, -0.25) is 9.69 Å². The molecule has 1 saturated heterocycles. The lowest BCUT2D eigenvalue weighted by molar-refractivity contribution is 0.157. The highest BCUT2D eigenvalue weighted by Gasteiger charge is 2.30. The summed E-state index contributed by atoms with van der Waals surface area (Å²) in [5, 5.41) is 9.17. The number of piperazine rings is 1. The molecule has 0 amide bonds. The molecule has 0 saturated carbocycles. The van der Waals surface area contributed by atoms with Gasteiger partial charge in [-0.15, -0.1) is 0 Å². The van der Waals surface area contributed by atoms with Gasteiger partial charge in [0.05, 0.1) is 6.07 Å². The Labute approximate surface area is 119 Å². The fraction of sp³-hybridized carbons (Fsp3) is 0.643. The van der Waals surface area contributed by atoms with Gasteiger partial charge in [-0.25, -0.2) is 4.98 Å². The molecule has 0 bridgehead atoms. The second kappa shape index (κ2) is 5.63. The maximum absolute atomic E-state index is 12.2. The van der Waals surface area contributed by atoms with Gasteiger partial charge in [0, 0.05) is 45.1 Å². The van der Waals surface area contributed by atoms with Crippen molar-refractivity contribution in [2.45, 2.75) is 32.9 Å². The smallest absolute Gasteiger partial charge is 0.293 e. The number of aryl methyl sites for hydroxylation is 1. The standard InChI is InChI=1S/C14H21N5O/c1-4-17-6-5-16-12(13(17)20)18-7-9-19(10-8-18)14(2,3)11-15/h5-6H,4,7-10H2,1-3H3. The molecule has 0 N–H and O–H groups in total. The van der Waals surface area contributed by atoms with Gasteiger partial charge in [-0.2, -0.15) is 5.26 Å². The van der Waals surface area contributed by atoms with Crippen LogP contribution in [-0.4, -0.2) is 46.2 Å². The Morgan fingerprint density at radius 2 is 2.00 bits per heavy atom. The molecule has 0 aromatic carbocycles. The van der Waals surface area contributed by atoms with E-state index in [9.17, 15) is 10.1 Å². The summed E-state index contributed by atoms with van der Waals surface area (Å²) in [6, 6.07) is 2.32. The Bertz CT molecular complexity index is 564. The minimum atomic E-state index is -0.459. The zero-order valence-corrected chi connectivity index (χ0v) is 12.3. The molecule has 1 fully saturated rings. The van der Waals surface area contributed by atoms with Crippen LogP contribution in [0.1, 0.15) is 20.8 Å². The summed E-state index contributed by atoms with van der Waals surface area (Å²) in [6.07, 6.45) is 3.38. The van der Waals surface area contributed by atoms with E-state index in [2.05, 4.69) is 16.0 Å². The molecule has 1 aliphatic heterocycles. The summed E-state index contributed by atoms with van der Waals surface area (Å²) < 4.78 is 1.66. The molecule has 108 valence electrons. The molecule has 2 rings (SSSR count). The molecule has 1 aromatic heterocycles. The Balaban J connectivity index is 2.13. The molecule has 1 aromatic rings. The van der Waals surface area contributed by atoms with Gasteiger partial charge < -0.3 is 9.47 Å². The lowest BCUT2D eigenvalue weighted by Gasteiger charge is -2.40. The van der Waals surface area contributed by atoms with E-state index in [-0.39, 0.29) is 5.56 Å². The average molecular weight is 275 g/mol. The molecular weight excluding hydrogens is 254 g/mol. The number of aromatic nitrogens is 2. The van der Waals surface area contributed by atoms with E-state index in [1.165, 1.54) is 0 Å². The van der Waals surface area contributed by atoms with Gasteiger partial charge in [0.2, 0.25) is 0 Å². The fourth-order valence-corrected chi connectivity index (χ4v) is 2.45. The van der Waals surface area contributed by atoms with Gasteiger partial charge in [0.25, 0.3) is 5.56 Å². The van der Waals surface area contributed by atoms with Crippen molar-refractivity contribution in [3.8, 4) is 6.07 Å². The van der Waals surface area contributed by atoms with Gasteiger partial charge in [0.1, 0.15) is 5.54 Å². The van der Waals surface area contributed by atoms with Crippen LogP contribution >= 0.6 is 0 Å². The first kappa shape index (κ1) is 14.5. The van der Waals surface area contributed by atoms with Crippen molar-refractivity contribution in [1.82, 2.24) is 14.5 Å². The number of anilines is 1. The van der Waals surface area contributed by atoms with E-state index in [1.54, 1.807) is 17.0 Å². The predicted octanol–water partition coefficient (Wildman–Crippen LogP) is 0.687. The zero-order chi connectivity index (χ0) is 14.8. The van der Waals surface area contributed by atoms with Gasteiger partial charge in [0.15, 0.2) is 5.82 Å². The van der Waals surface area contributed by atoms with Crippen LogP contribution in [0.3, 0.4) is 0 Å². The third kappa shape index (κ3) is 2.68. The molecule has 6 heteroatoms. The molecule has 0 spiro atoms. The number of nitrogens with zero attached hydrogens (tertiary/aromatic N) is 5. The lowest BCUT2D eigenvalue weighted by atomic mass is 10.0. The second-order valence-corrected chi connectivity index (χ2v) is 5.49. The van der Waals surface area contributed by atoms with Crippen LogP contribution in [0.4, 0.5) is 5.82 Å². The van der Waals surface area contributed by atoms with Crippen LogP contribution in [0.5, 0.6) is 0 Å². The van der Waals surface area contributed by atoms with Crippen LogP contribution in [-0.2, 0) is 6.54 Å². The molecule has 0 unspecified atom stereocenters. The molecule has 0 atom stereocenters. The van der Waals surface area contributed by atoms with E-state index in [1.807, 2.05) is 25.7 Å². The van der Waals surface area contributed by atoms with E-state index >= 15 is 0 Å². The molecule has 20 heavy (non-hydrogen) atoms. The molecule has 2 heterocycles. The topological polar surface area (TPSA) is 65.2 Å². The molecule has 6 nitrogen and oxygen atoms in total. The van der Waals surface area contributed by atoms with Crippen LogP contribution in [0.25, 0.3) is 0 Å². The number of hydrogen-bond acceptors (Lipinski definition) is 5. The summed E-state index contributed by atoms with van der Waals surface area (Å²) >= 11 is 0. The molecular formula is C14H21N5O. The third-order valence-corrected chi connectivity index (χ3v) is 3.88. The monoisotopic (exact) mass is 275 g/mol. The summed E-state index contributed by atoms with van der Waals surface area (Å²) in [5.41, 5.74) is -0.497. The Hall–Kier alpha value is -1.87. The summed E-state index contributed by atoms with van der Waals surface area (Å²) in [4.78, 5) is 20.6. The lowest BCUT2D eigenvalue weighted by Crippen LogP contribution is -2.55. The Morgan fingerprint density at radius 3 is 2.55 bits per heavy atom. The number of hydrogen-bond donors (Lipinski definition) is 0. The SMILES string of the molecule is CCn1ccnc(N2CCN(C(C)(C)C#N)CC2)c1=O. The highest BCUT2D eigenvalue weighted by atomic mass is 16.1. The van der Waals surface area contributed by atoms with E-state index in [0.717, 1.165) is 26.2 Å². The van der Waals surface area contributed by atoms with Gasteiger partial charge in [-0.05, 0) is 20.8 Å². The van der Waals surface area contributed by atoms with Crippen LogP contribution in [0, 0.1) is 11.3 Å². The summed E-state index contributed by atoms with van der Waals surface area (Å²) in [5.74, 6) is 0.517. The quantitative estimate of drug-likeness (QED) is 0.812. The first-order chi connectivity index (χ1) is 9.49. The highest BCUT2D eigenvalue weighted by molar-refractivity contribution is 5.36. The first-order valence-electron chi connectivity index (χ1n) is 6.96. The van der Waals surface area contributed by atoms with Crippen molar-refractivity contribution in [3.63, 3.8) is 0 Å². The Morgan fingerprint density at radius 1 is 1.35 bits per heavy atom.